The van der Waals surface area contributed by atoms with E-state index in [9.17, 15) is 4.79 Å². The summed E-state index contributed by atoms with van der Waals surface area (Å²) < 4.78 is 0. The Hall–Kier alpha value is -1.76. The lowest BCUT2D eigenvalue weighted by Gasteiger charge is -2.21. The van der Waals surface area contributed by atoms with Crippen LogP contribution in [-0.4, -0.2) is 45.6 Å². The van der Waals surface area contributed by atoms with Crippen LogP contribution in [0, 0.1) is 0 Å². The van der Waals surface area contributed by atoms with Crippen molar-refractivity contribution in [1.82, 2.24) is 15.1 Å². The fraction of sp³-hybridized carbons (Fsp3) is 0.455. The van der Waals surface area contributed by atoms with Crippen molar-refractivity contribution in [3.05, 3.63) is 17.8 Å². The van der Waals surface area contributed by atoms with Crippen LogP contribution in [0.5, 0.6) is 0 Å². The number of nitrogens with zero attached hydrogens (tertiary/aromatic N) is 3. The van der Waals surface area contributed by atoms with Gasteiger partial charge in [0.15, 0.2) is 5.82 Å². The summed E-state index contributed by atoms with van der Waals surface area (Å²) >= 11 is 4.92. The third-order valence-corrected chi connectivity index (χ3v) is 2.78. The quantitative estimate of drug-likeness (QED) is 0.751. The minimum Gasteiger partial charge on any atom is -0.389 e. The second-order valence-corrected chi connectivity index (χ2v) is 4.32. The number of rotatable bonds is 5. The van der Waals surface area contributed by atoms with Crippen molar-refractivity contribution < 1.29 is 4.79 Å². The molecular weight excluding hydrogens is 250 g/mol. The second-order valence-electron chi connectivity index (χ2n) is 3.88. The summed E-state index contributed by atoms with van der Waals surface area (Å²) in [6.45, 7) is 4.31. The predicted octanol–water partition coefficient (Wildman–Crippen LogP) is 0.389. The highest BCUT2D eigenvalue weighted by atomic mass is 32.1. The first-order valence-electron chi connectivity index (χ1n) is 5.60. The molecule has 0 radical (unpaired) electrons. The highest BCUT2D eigenvalue weighted by Gasteiger charge is 2.18. The molecule has 0 aliphatic heterocycles. The van der Waals surface area contributed by atoms with Crippen LogP contribution < -0.4 is 11.1 Å². The van der Waals surface area contributed by atoms with Crippen LogP contribution in [0.3, 0.4) is 0 Å². The van der Waals surface area contributed by atoms with Crippen molar-refractivity contribution in [3.63, 3.8) is 0 Å². The summed E-state index contributed by atoms with van der Waals surface area (Å²) in [5, 5.41) is 10.6. The summed E-state index contributed by atoms with van der Waals surface area (Å²) in [5.74, 6) is 0.396. The van der Waals surface area contributed by atoms with E-state index in [0.29, 0.717) is 17.9 Å². The molecule has 0 spiro atoms. The highest BCUT2D eigenvalue weighted by molar-refractivity contribution is 7.80. The zero-order valence-electron chi connectivity index (χ0n) is 10.7. The number of amides is 1. The van der Waals surface area contributed by atoms with Gasteiger partial charge in [-0.3, -0.25) is 4.79 Å². The number of thiocarbonyl (C=S) groups is 1. The third-order valence-electron chi connectivity index (χ3n) is 2.56. The van der Waals surface area contributed by atoms with Crippen molar-refractivity contribution >= 4 is 28.9 Å². The molecular formula is C11H17N5OS. The van der Waals surface area contributed by atoms with E-state index >= 15 is 0 Å². The van der Waals surface area contributed by atoms with E-state index in [-0.39, 0.29) is 10.9 Å². The van der Waals surface area contributed by atoms with Crippen LogP contribution in [0.15, 0.2) is 12.3 Å². The van der Waals surface area contributed by atoms with Gasteiger partial charge in [0, 0.05) is 13.6 Å². The molecule has 1 rings (SSSR count). The average Bonchev–Trinajstić information content (AvgIpc) is 2.37. The van der Waals surface area contributed by atoms with E-state index in [1.165, 1.54) is 6.20 Å². The lowest BCUT2D eigenvalue weighted by Crippen LogP contribution is -2.39. The van der Waals surface area contributed by atoms with Gasteiger partial charge in [0.05, 0.1) is 11.8 Å². The van der Waals surface area contributed by atoms with E-state index in [0.717, 1.165) is 0 Å². The Kier molecular flexibility index (Phi) is 4.96. The Morgan fingerprint density at radius 2 is 2.33 bits per heavy atom. The topological polar surface area (TPSA) is 84.1 Å². The van der Waals surface area contributed by atoms with Crippen molar-refractivity contribution in [2.45, 2.75) is 19.9 Å². The normalized spacial score (nSPS) is 11.7. The molecule has 1 aromatic rings. The van der Waals surface area contributed by atoms with Gasteiger partial charge in [0.25, 0.3) is 0 Å². The summed E-state index contributed by atoms with van der Waals surface area (Å²) in [4.78, 5) is 13.7. The number of likely N-dealkylation sites (N-methyl/N-ethyl adjacent to an activating group) is 1. The van der Waals surface area contributed by atoms with Crippen LogP contribution in [0.4, 0.5) is 5.82 Å². The Labute approximate surface area is 112 Å². The highest BCUT2D eigenvalue weighted by Crippen LogP contribution is 2.11. The maximum atomic E-state index is 11.9. The molecule has 98 valence electrons. The lowest BCUT2D eigenvalue weighted by atomic mass is 10.2. The van der Waals surface area contributed by atoms with Crippen molar-refractivity contribution in [3.8, 4) is 0 Å². The molecule has 1 unspecified atom stereocenters. The molecule has 7 heteroatoms. The summed E-state index contributed by atoms with van der Waals surface area (Å²) in [7, 11) is 1.74. The molecule has 0 saturated heterocycles. The third kappa shape index (κ3) is 3.36. The molecule has 0 fully saturated rings. The molecule has 0 aliphatic carbocycles. The number of carbonyl (C=O) groups is 1. The van der Waals surface area contributed by atoms with E-state index in [1.54, 1.807) is 24.9 Å². The molecule has 1 atom stereocenters. The Balaban J connectivity index is 2.85. The summed E-state index contributed by atoms with van der Waals surface area (Å²) in [6, 6.07) is 1.25. The van der Waals surface area contributed by atoms with E-state index in [1.807, 2.05) is 6.92 Å². The average molecular weight is 267 g/mol. The van der Waals surface area contributed by atoms with E-state index < -0.39 is 6.04 Å². The molecule has 1 aromatic heterocycles. The minimum absolute atomic E-state index is 0.0305. The molecule has 3 N–H and O–H groups in total. The maximum Gasteiger partial charge on any atom is 0.244 e. The molecule has 0 aliphatic rings. The van der Waals surface area contributed by atoms with E-state index in [2.05, 4.69) is 15.5 Å². The van der Waals surface area contributed by atoms with Crippen molar-refractivity contribution in [2.75, 3.05) is 18.9 Å². The van der Waals surface area contributed by atoms with E-state index in [4.69, 9.17) is 18.0 Å². The SMILES string of the molecule is CCN(C)C(=O)C(C)Nc1nnccc1C(N)=S. The van der Waals surface area contributed by atoms with Crippen LogP contribution in [0.2, 0.25) is 0 Å². The largest absolute Gasteiger partial charge is 0.389 e. The second kappa shape index (κ2) is 6.25. The van der Waals surface area contributed by atoms with Gasteiger partial charge in [-0.05, 0) is 19.9 Å². The number of nitrogens with two attached hydrogens (primary N) is 1. The first kappa shape index (κ1) is 14.3. The number of carbonyl (C=O) groups excluding carboxylic acids is 1. The van der Waals surface area contributed by atoms with Crippen molar-refractivity contribution in [2.24, 2.45) is 5.73 Å². The first-order valence-corrected chi connectivity index (χ1v) is 6.01. The molecule has 6 nitrogen and oxygen atoms in total. The summed E-state index contributed by atoms with van der Waals surface area (Å²) in [5.41, 5.74) is 6.16. The van der Waals surface area contributed by atoms with Gasteiger partial charge in [-0.25, -0.2) is 0 Å². The Morgan fingerprint density at radius 1 is 1.67 bits per heavy atom. The number of hydrogen-bond donors (Lipinski definition) is 2. The Bertz CT molecular complexity index is 451. The number of hydrogen-bond acceptors (Lipinski definition) is 5. The fourth-order valence-corrected chi connectivity index (χ4v) is 1.56. The van der Waals surface area contributed by atoms with Gasteiger partial charge >= 0.3 is 0 Å². The van der Waals surface area contributed by atoms with Crippen molar-refractivity contribution in [1.29, 1.82) is 0 Å². The molecule has 18 heavy (non-hydrogen) atoms. The van der Waals surface area contributed by atoms with Gasteiger partial charge in [-0.15, -0.1) is 5.10 Å². The van der Waals surface area contributed by atoms with Crippen LogP contribution in [-0.2, 0) is 4.79 Å². The predicted molar refractivity (Wildman–Crippen MR) is 74.3 cm³/mol. The standard InChI is InChI=1S/C11H17N5OS/c1-4-16(3)11(17)7(2)14-10-8(9(12)18)5-6-13-15-10/h5-7H,4H2,1-3H3,(H2,12,18)(H,14,15). The lowest BCUT2D eigenvalue weighted by molar-refractivity contribution is -0.130. The van der Waals surface area contributed by atoms with Gasteiger partial charge in [-0.1, -0.05) is 12.2 Å². The molecule has 0 aromatic carbocycles. The Morgan fingerprint density at radius 3 is 2.89 bits per heavy atom. The van der Waals surface area contributed by atoms with Gasteiger partial charge in [0.1, 0.15) is 11.0 Å². The van der Waals surface area contributed by atoms with Gasteiger partial charge in [-0.2, -0.15) is 5.10 Å². The van der Waals surface area contributed by atoms with Gasteiger partial charge < -0.3 is 16.0 Å². The zero-order chi connectivity index (χ0) is 13.7. The summed E-state index contributed by atoms with van der Waals surface area (Å²) in [6.07, 6.45) is 1.50. The van der Waals surface area contributed by atoms with Gasteiger partial charge in [0.2, 0.25) is 5.91 Å². The number of nitrogens with one attached hydrogen (secondary N) is 1. The molecule has 1 amide bonds. The zero-order valence-corrected chi connectivity index (χ0v) is 11.5. The van der Waals surface area contributed by atoms with Crippen LogP contribution in [0.25, 0.3) is 0 Å². The molecule has 0 bridgehead atoms. The van der Waals surface area contributed by atoms with Crippen LogP contribution in [0.1, 0.15) is 19.4 Å². The molecule has 1 heterocycles. The fourth-order valence-electron chi connectivity index (χ4n) is 1.39. The van der Waals surface area contributed by atoms with Crippen LogP contribution >= 0.6 is 12.2 Å². The maximum absolute atomic E-state index is 11.9. The smallest absolute Gasteiger partial charge is 0.244 e. The minimum atomic E-state index is -0.417. The molecule has 0 saturated carbocycles. The number of anilines is 1. The monoisotopic (exact) mass is 267 g/mol. The number of aromatic nitrogens is 2. The first-order chi connectivity index (χ1) is 8.47.